The van der Waals surface area contributed by atoms with Crippen LogP contribution in [-0.4, -0.2) is 32.9 Å². The van der Waals surface area contributed by atoms with Crippen LogP contribution in [0, 0.1) is 5.41 Å². The number of hydrogen-bond acceptors (Lipinski definition) is 4. The Morgan fingerprint density at radius 1 is 1.15 bits per heavy atom. The van der Waals surface area contributed by atoms with Crippen molar-refractivity contribution in [3.05, 3.63) is 46.0 Å². The average Bonchev–Trinajstić information content (AvgIpc) is 3.11. The molecule has 0 bridgehead atoms. The monoisotopic (exact) mass is 381 g/mol. The van der Waals surface area contributed by atoms with Crippen molar-refractivity contribution in [2.24, 2.45) is 0 Å². The molecule has 3 rings (SSSR count). The van der Waals surface area contributed by atoms with Gasteiger partial charge in [-0.1, -0.05) is 12.1 Å². The van der Waals surface area contributed by atoms with Gasteiger partial charge in [-0.15, -0.1) is 11.3 Å². The highest BCUT2D eigenvalue weighted by Crippen LogP contribution is 2.36. The first kappa shape index (κ1) is 18.4. The minimum atomic E-state index is -4.38. The number of rotatable bonds is 2. The minimum absolute atomic E-state index is 0.0817. The molecule has 1 aliphatic heterocycles. The highest BCUT2D eigenvalue weighted by atomic mass is 32.1. The first-order chi connectivity index (χ1) is 12.0. The molecule has 0 aliphatic carbocycles. The molecule has 0 fully saturated rings. The van der Waals surface area contributed by atoms with Gasteiger partial charge in [0.25, 0.3) is 0 Å². The molecule has 8 heteroatoms. The molecule has 0 amide bonds. The second kappa shape index (κ2) is 6.12. The fourth-order valence-corrected chi connectivity index (χ4v) is 3.62. The maximum atomic E-state index is 12.7. The number of aromatic nitrogens is 1. The minimum Gasteiger partial charge on any atom is -0.510 e. The lowest BCUT2D eigenvalue weighted by Gasteiger charge is -2.33. The van der Waals surface area contributed by atoms with E-state index in [0.29, 0.717) is 21.8 Å². The molecular formula is C18H18F3N3OS. The summed E-state index contributed by atoms with van der Waals surface area (Å²) in [7, 11) is 0. The van der Waals surface area contributed by atoms with Crippen LogP contribution in [0.5, 0.6) is 0 Å². The first-order valence-corrected chi connectivity index (χ1v) is 8.78. The van der Waals surface area contributed by atoms with E-state index in [9.17, 15) is 18.3 Å². The van der Waals surface area contributed by atoms with E-state index >= 15 is 0 Å². The molecule has 0 radical (unpaired) electrons. The number of nitrogens with one attached hydrogen (secondary N) is 1. The molecule has 0 saturated heterocycles. The van der Waals surface area contributed by atoms with Crippen molar-refractivity contribution in [3.63, 3.8) is 0 Å². The van der Waals surface area contributed by atoms with Gasteiger partial charge in [0, 0.05) is 16.5 Å². The standard InChI is InChI=1S/C18H18F3N3OS/c1-17(2,3)24-8-13(25)14(15(24)22)16-23-12(9-26-16)10-4-6-11(7-5-10)18(19,20)21/h4-7,9,22,25H,8H2,1-3H3. The van der Waals surface area contributed by atoms with E-state index < -0.39 is 11.7 Å². The van der Waals surface area contributed by atoms with Crippen molar-refractivity contribution in [3.8, 4) is 11.3 Å². The van der Waals surface area contributed by atoms with E-state index in [0.717, 1.165) is 12.1 Å². The van der Waals surface area contributed by atoms with Gasteiger partial charge < -0.3 is 10.0 Å². The van der Waals surface area contributed by atoms with E-state index in [1.807, 2.05) is 20.8 Å². The summed E-state index contributed by atoms with van der Waals surface area (Å²) < 4.78 is 38.0. The number of aliphatic hydroxyl groups is 1. The predicted octanol–water partition coefficient (Wildman–Crippen LogP) is 5.19. The van der Waals surface area contributed by atoms with Crippen LogP contribution in [0.25, 0.3) is 16.8 Å². The van der Waals surface area contributed by atoms with E-state index in [1.54, 1.807) is 10.3 Å². The second-order valence-electron chi connectivity index (χ2n) is 7.04. The molecule has 4 nitrogen and oxygen atoms in total. The van der Waals surface area contributed by atoms with Gasteiger partial charge in [0.1, 0.15) is 16.6 Å². The number of halogens is 3. The van der Waals surface area contributed by atoms with Crippen molar-refractivity contribution in [1.82, 2.24) is 9.88 Å². The van der Waals surface area contributed by atoms with Gasteiger partial charge in [-0.3, -0.25) is 5.41 Å². The van der Waals surface area contributed by atoms with Gasteiger partial charge in [-0.05, 0) is 32.9 Å². The van der Waals surface area contributed by atoms with Crippen LogP contribution in [0.1, 0.15) is 31.3 Å². The van der Waals surface area contributed by atoms with Gasteiger partial charge in [-0.25, -0.2) is 4.98 Å². The Morgan fingerprint density at radius 2 is 1.77 bits per heavy atom. The highest BCUT2D eigenvalue weighted by Gasteiger charge is 2.36. The molecule has 1 aliphatic rings. The van der Waals surface area contributed by atoms with Crippen molar-refractivity contribution in [1.29, 1.82) is 5.41 Å². The molecule has 138 valence electrons. The fourth-order valence-electron chi connectivity index (χ4n) is 2.73. The Balaban J connectivity index is 1.89. The molecule has 2 heterocycles. The quantitative estimate of drug-likeness (QED) is 0.753. The average molecular weight is 381 g/mol. The van der Waals surface area contributed by atoms with Crippen LogP contribution in [0.3, 0.4) is 0 Å². The predicted molar refractivity (Wildman–Crippen MR) is 96.3 cm³/mol. The molecule has 2 N–H and O–H groups in total. The first-order valence-electron chi connectivity index (χ1n) is 7.90. The Bertz CT molecular complexity index is 876. The maximum Gasteiger partial charge on any atom is 0.416 e. The Hall–Kier alpha value is -2.35. The summed E-state index contributed by atoms with van der Waals surface area (Å²) in [6.07, 6.45) is -4.38. The lowest BCUT2D eigenvalue weighted by Crippen LogP contribution is -2.43. The molecule has 2 aromatic rings. The van der Waals surface area contributed by atoms with Gasteiger partial charge >= 0.3 is 6.18 Å². The van der Waals surface area contributed by atoms with Crippen molar-refractivity contribution < 1.29 is 18.3 Å². The SMILES string of the molecule is CC(C)(C)N1CC(O)=C(c2nc(-c3ccc(C(F)(F)F)cc3)cs2)C1=N. The van der Waals surface area contributed by atoms with E-state index in [-0.39, 0.29) is 23.7 Å². The van der Waals surface area contributed by atoms with Gasteiger partial charge in [0.05, 0.1) is 23.4 Å². The third-order valence-corrected chi connectivity index (χ3v) is 5.00. The number of thiazole rings is 1. The van der Waals surface area contributed by atoms with Gasteiger partial charge in [-0.2, -0.15) is 13.2 Å². The van der Waals surface area contributed by atoms with Gasteiger partial charge in [0.2, 0.25) is 0 Å². The number of nitrogens with zero attached hydrogens (tertiary/aromatic N) is 2. The number of hydrogen-bond donors (Lipinski definition) is 2. The van der Waals surface area contributed by atoms with Crippen LogP contribution in [0.4, 0.5) is 13.2 Å². The number of benzene rings is 1. The zero-order valence-electron chi connectivity index (χ0n) is 14.5. The summed E-state index contributed by atoms with van der Waals surface area (Å²) in [5.41, 5.74) is 0.415. The molecule has 0 spiro atoms. The summed E-state index contributed by atoms with van der Waals surface area (Å²) in [5, 5.41) is 20.8. The van der Waals surface area contributed by atoms with Gasteiger partial charge in [0.15, 0.2) is 0 Å². The molecule has 0 saturated carbocycles. The van der Waals surface area contributed by atoms with Crippen molar-refractivity contribution in [2.45, 2.75) is 32.5 Å². The fraction of sp³-hybridized carbons (Fsp3) is 0.333. The van der Waals surface area contributed by atoms with Crippen LogP contribution >= 0.6 is 11.3 Å². The summed E-state index contributed by atoms with van der Waals surface area (Å²) in [4.78, 5) is 6.20. The highest BCUT2D eigenvalue weighted by molar-refractivity contribution is 7.11. The molecular weight excluding hydrogens is 363 g/mol. The Kier molecular flexibility index (Phi) is 4.34. The zero-order chi connectivity index (χ0) is 19.3. The largest absolute Gasteiger partial charge is 0.510 e. The summed E-state index contributed by atoms with van der Waals surface area (Å²) in [6, 6.07) is 4.78. The zero-order valence-corrected chi connectivity index (χ0v) is 15.3. The molecule has 0 atom stereocenters. The third-order valence-electron chi connectivity index (χ3n) is 4.14. The van der Waals surface area contributed by atoms with Crippen LogP contribution < -0.4 is 0 Å². The lowest BCUT2D eigenvalue weighted by atomic mass is 10.1. The van der Waals surface area contributed by atoms with Crippen LogP contribution in [0.2, 0.25) is 0 Å². The van der Waals surface area contributed by atoms with Crippen molar-refractivity contribution >= 4 is 22.7 Å². The van der Waals surface area contributed by atoms with Crippen LogP contribution in [-0.2, 0) is 6.18 Å². The molecule has 26 heavy (non-hydrogen) atoms. The summed E-state index contributed by atoms with van der Waals surface area (Å²) >= 11 is 1.25. The molecule has 1 aromatic carbocycles. The smallest absolute Gasteiger partial charge is 0.416 e. The number of amidine groups is 1. The third kappa shape index (κ3) is 3.33. The van der Waals surface area contributed by atoms with E-state index in [4.69, 9.17) is 5.41 Å². The lowest BCUT2D eigenvalue weighted by molar-refractivity contribution is -0.137. The van der Waals surface area contributed by atoms with Crippen molar-refractivity contribution in [2.75, 3.05) is 6.54 Å². The van der Waals surface area contributed by atoms with E-state index in [2.05, 4.69) is 4.98 Å². The number of aliphatic hydroxyl groups excluding tert-OH is 1. The normalized spacial score (nSPS) is 15.9. The maximum absolute atomic E-state index is 12.7. The Labute approximate surface area is 153 Å². The van der Waals surface area contributed by atoms with E-state index in [1.165, 1.54) is 23.5 Å². The van der Waals surface area contributed by atoms with Crippen LogP contribution in [0.15, 0.2) is 35.4 Å². The summed E-state index contributed by atoms with van der Waals surface area (Å²) in [5.74, 6) is 0.279. The molecule has 0 unspecified atom stereocenters. The molecule has 1 aromatic heterocycles. The summed E-state index contributed by atoms with van der Waals surface area (Å²) in [6.45, 7) is 6.10. The second-order valence-corrected chi connectivity index (χ2v) is 7.90. The Morgan fingerprint density at radius 3 is 2.27 bits per heavy atom. The number of alkyl halides is 3. The topological polar surface area (TPSA) is 60.2 Å².